The number of nitrogens with zero attached hydrogens (tertiary/aromatic N) is 1. The Hall–Kier alpha value is -2.11. The van der Waals surface area contributed by atoms with Crippen LogP contribution in [0.5, 0.6) is 0 Å². The second kappa shape index (κ2) is 6.98. The quantitative estimate of drug-likeness (QED) is 0.883. The van der Waals surface area contributed by atoms with Gasteiger partial charge in [-0.1, -0.05) is 23.7 Å². The van der Waals surface area contributed by atoms with Crippen LogP contribution in [0, 0.1) is 5.41 Å². The van der Waals surface area contributed by atoms with Crippen LogP contribution < -0.4 is 16.6 Å². The lowest BCUT2D eigenvalue weighted by molar-refractivity contribution is -0.124. The first kappa shape index (κ1) is 17.2. The molecule has 0 atom stereocenters. The van der Waals surface area contributed by atoms with E-state index in [0.717, 1.165) is 5.56 Å². The number of carbonyl (C=O) groups excluding carboxylic acids is 1. The maximum absolute atomic E-state index is 12.5. The fourth-order valence-electron chi connectivity index (χ4n) is 2.15. The van der Waals surface area contributed by atoms with Gasteiger partial charge in [-0.3, -0.25) is 9.59 Å². The van der Waals surface area contributed by atoms with Crippen LogP contribution >= 0.6 is 11.6 Å². The predicted molar refractivity (Wildman–Crippen MR) is 92.5 cm³/mol. The lowest BCUT2D eigenvalue weighted by Gasteiger charge is -2.24. The predicted octanol–water partition coefficient (Wildman–Crippen LogP) is 2.63. The largest absolute Gasteiger partial charge is 0.326 e. The number of nitrogens with one attached hydrogen (secondary N) is 1. The van der Waals surface area contributed by atoms with Gasteiger partial charge in [-0.25, -0.2) is 0 Å². The number of aromatic nitrogens is 1. The summed E-state index contributed by atoms with van der Waals surface area (Å²) in [5.74, 6) is -0.176. The number of nitrogens with two attached hydrogens (primary N) is 1. The highest BCUT2D eigenvalue weighted by Gasteiger charge is 2.28. The Balaban J connectivity index is 2.12. The second-order valence-electron chi connectivity index (χ2n) is 6.05. The number of halogens is 1. The molecule has 0 saturated carbocycles. The van der Waals surface area contributed by atoms with Gasteiger partial charge in [0.25, 0.3) is 5.56 Å². The van der Waals surface area contributed by atoms with E-state index in [1.807, 2.05) is 24.3 Å². The van der Waals surface area contributed by atoms with Crippen molar-refractivity contribution in [1.29, 1.82) is 0 Å². The highest BCUT2D eigenvalue weighted by molar-refractivity contribution is 6.30. The van der Waals surface area contributed by atoms with Crippen LogP contribution in [0.15, 0.2) is 47.4 Å². The van der Waals surface area contributed by atoms with Crippen molar-refractivity contribution in [1.82, 2.24) is 4.57 Å². The Kier molecular flexibility index (Phi) is 5.23. The van der Waals surface area contributed by atoms with Gasteiger partial charge >= 0.3 is 0 Å². The van der Waals surface area contributed by atoms with E-state index in [0.29, 0.717) is 17.3 Å². The van der Waals surface area contributed by atoms with E-state index < -0.39 is 5.41 Å². The molecule has 0 bridgehead atoms. The smallest absolute Gasteiger partial charge is 0.250 e. The minimum atomic E-state index is -0.777. The summed E-state index contributed by atoms with van der Waals surface area (Å²) in [6.45, 7) is 4.25. The molecule has 6 heteroatoms. The summed E-state index contributed by atoms with van der Waals surface area (Å²) in [5.41, 5.74) is 6.27. The lowest BCUT2D eigenvalue weighted by atomic mass is 9.92. The molecule has 3 N–H and O–H groups in total. The Labute approximate surface area is 140 Å². The SMILES string of the molecule is CC(C)(Cn1cc(Cl)ccc1=O)C(=O)Nc1ccc(CN)cc1. The summed E-state index contributed by atoms with van der Waals surface area (Å²) in [5, 5.41) is 3.32. The topological polar surface area (TPSA) is 77.1 Å². The molecule has 1 aromatic heterocycles. The number of hydrogen-bond donors (Lipinski definition) is 2. The zero-order valence-electron chi connectivity index (χ0n) is 13.2. The van der Waals surface area contributed by atoms with E-state index in [2.05, 4.69) is 5.32 Å². The summed E-state index contributed by atoms with van der Waals surface area (Å²) in [7, 11) is 0. The number of hydrogen-bond acceptors (Lipinski definition) is 3. The Morgan fingerprint density at radius 3 is 2.48 bits per heavy atom. The number of amides is 1. The van der Waals surface area contributed by atoms with Crippen LogP contribution in [0.3, 0.4) is 0 Å². The molecule has 0 radical (unpaired) electrons. The molecule has 0 aliphatic carbocycles. The fourth-order valence-corrected chi connectivity index (χ4v) is 2.33. The summed E-state index contributed by atoms with van der Waals surface area (Å²) in [4.78, 5) is 24.4. The van der Waals surface area contributed by atoms with Crippen molar-refractivity contribution in [3.05, 3.63) is 63.5 Å². The van der Waals surface area contributed by atoms with Crippen LogP contribution in [0.25, 0.3) is 0 Å². The second-order valence-corrected chi connectivity index (χ2v) is 6.49. The average molecular weight is 334 g/mol. The lowest BCUT2D eigenvalue weighted by Crippen LogP contribution is -2.37. The molecule has 1 aromatic carbocycles. The van der Waals surface area contributed by atoms with E-state index in [9.17, 15) is 9.59 Å². The zero-order chi connectivity index (χ0) is 17.0. The van der Waals surface area contributed by atoms with Crippen molar-refractivity contribution < 1.29 is 4.79 Å². The Morgan fingerprint density at radius 1 is 1.22 bits per heavy atom. The monoisotopic (exact) mass is 333 g/mol. The van der Waals surface area contributed by atoms with Crippen LogP contribution in [-0.2, 0) is 17.9 Å². The standard InChI is InChI=1S/C17H20ClN3O2/c1-17(2,11-21-10-13(18)5-8-15(21)22)16(23)20-14-6-3-12(9-19)4-7-14/h3-8,10H,9,11,19H2,1-2H3,(H,20,23). The first-order valence-corrected chi connectivity index (χ1v) is 7.66. The van der Waals surface area contributed by atoms with Crippen LogP contribution in [0.2, 0.25) is 5.02 Å². The normalized spacial score (nSPS) is 11.3. The van der Waals surface area contributed by atoms with E-state index in [1.54, 1.807) is 13.8 Å². The van der Waals surface area contributed by atoms with E-state index in [1.165, 1.54) is 22.9 Å². The molecule has 0 fully saturated rings. The molecular weight excluding hydrogens is 314 g/mol. The highest BCUT2D eigenvalue weighted by Crippen LogP contribution is 2.21. The van der Waals surface area contributed by atoms with Crippen molar-refractivity contribution in [3.8, 4) is 0 Å². The minimum absolute atomic E-state index is 0.176. The third-order valence-electron chi connectivity index (χ3n) is 3.58. The Bertz CT molecular complexity index is 751. The van der Waals surface area contributed by atoms with E-state index >= 15 is 0 Å². The molecule has 0 aliphatic rings. The van der Waals surface area contributed by atoms with Gasteiger partial charge in [-0.2, -0.15) is 0 Å². The molecule has 0 unspecified atom stereocenters. The van der Waals surface area contributed by atoms with Gasteiger partial charge in [0.2, 0.25) is 5.91 Å². The van der Waals surface area contributed by atoms with Crippen molar-refractivity contribution >= 4 is 23.2 Å². The molecule has 122 valence electrons. The number of carbonyl (C=O) groups is 1. The first-order chi connectivity index (χ1) is 10.8. The van der Waals surface area contributed by atoms with Crippen LogP contribution in [0.1, 0.15) is 19.4 Å². The molecule has 1 amide bonds. The maximum Gasteiger partial charge on any atom is 0.250 e. The molecule has 2 rings (SSSR count). The zero-order valence-corrected chi connectivity index (χ0v) is 13.9. The first-order valence-electron chi connectivity index (χ1n) is 7.28. The maximum atomic E-state index is 12.5. The van der Waals surface area contributed by atoms with Gasteiger partial charge in [0, 0.05) is 31.0 Å². The average Bonchev–Trinajstić information content (AvgIpc) is 2.51. The van der Waals surface area contributed by atoms with Gasteiger partial charge < -0.3 is 15.6 Å². The summed E-state index contributed by atoms with van der Waals surface area (Å²) in [6, 6.07) is 10.3. The summed E-state index contributed by atoms with van der Waals surface area (Å²) in [6.07, 6.45) is 1.54. The van der Waals surface area contributed by atoms with Crippen LogP contribution in [0.4, 0.5) is 5.69 Å². The van der Waals surface area contributed by atoms with Gasteiger partial charge in [0.15, 0.2) is 0 Å². The highest BCUT2D eigenvalue weighted by atomic mass is 35.5. The van der Waals surface area contributed by atoms with Gasteiger partial charge in [-0.05, 0) is 37.6 Å². The fraction of sp³-hybridized carbons (Fsp3) is 0.294. The van der Waals surface area contributed by atoms with Crippen molar-refractivity contribution in [2.45, 2.75) is 26.9 Å². The van der Waals surface area contributed by atoms with Crippen LogP contribution in [-0.4, -0.2) is 10.5 Å². The molecule has 0 aliphatic heterocycles. The van der Waals surface area contributed by atoms with Crippen molar-refractivity contribution in [3.63, 3.8) is 0 Å². The van der Waals surface area contributed by atoms with Gasteiger partial charge in [0.05, 0.1) is 10.4 Å². The Morgan fingerprint density at radius 2 is 1.87 bits per heavy atom. The van der Waals surface area contributed by atoms with Gasteiger partial charge in [-0.15, -0.1) is 0 Å². The van der Waals surface area contributed by atoms with E-state index in [4.69, 9.17) is 17.3 Å². The molecule has 0 spiro atoms. The summed E-state index contributed by atoms with van der Waals surface area (Å²) < 4.78 is 1.44. The molecule has 1 heterocycles. The molecule has 5 nitrogen and oxygen atoms in total. The van der Waals surface area contributed by atoms with Gasteiger partial charge in [0.1, 0.15) is 0 Å². The molecule has 23 heavy (non-hydrogen) atoms. The number of pyridine rings is 1. The number of benzene rings is 1. The van der Waals surface area contributed by atoms with Crippen molar-refractivity contribution in [2.75, 3.05) is 5.32 Å². The summed E-state index contributed by atoms with van der Waals surface area (Å²) >= 11 is 5.91. The third-order valence-corrected chi connectivity index (χ3v) is 3.80. The molecule has 2 aromatic rings. The van der Waals surface area contributed by atoms with Crippen molar-refractivity contribution in [2.24, 2.45) is 11.1 Å². The number of rotatable bonds is 5. The molecule has 0 saturated heterocycles. The van der Waals surface area contributed by atoms with E-state index in [-0.39, 0.29) is 18.0 Å². The third kappa shape index (κ3) is 4.43. The number of anilines is 1. The minimum Gasteiger partial charge on any atom is -0.326 e. The molecular formula is C17H20ClN3O2.